The minimum absolute atomic E-state index is 0.118. The molecular formula is C14H18N4O2. The third-order valence-corrected chi connectivity index (χ3v) is 3.19. The van der Waals surface area contributed by atoms with Gasteiger partial charge in [-0.25, -0.2) is 9.67 Å². The number of aromatic nitrogens is 3. The second-order valence-electron chi connectivity index (χ2n) is 5.22. The number of nitrogens with zero attached hydrogens (tertiary/aromatic N) is 3. The fourth-order valence-corrected chi connectivity index (χ4v) is 2.12. The molecule has 1 saturated heterocycles. The van der Waals surface area contributed by atoms with Gasteiger partial charge in [0.1, 0.15) is 12.7 Å². The quantitative estimate of drug-likeness (QED) is 0.925. The first-order valence-corrected chi connectivity index (χ1v) is 6.62. The molecule has 1 N–H and O–H groups in total. The fraction of sp³-hybridized carbons (Fsp3) is 0.429. The van der Waals surface area contributed by atoms with Gasteiger partial charge in [0, 0.05) is 0 Å². The summed E-state index contributed by atoms with van der Waals surface area (Å²) in [6, 6.07) is 8.08. The topological polar surface area (TPSA) is 61.2 Å². The summed E-state index contributed by atoms with van der Waals surface area (Å²) < 4.78 is 13.1. The molecule has 1 aliphatic rings. The lowest BCUT2D eigenvalue weighted by Crippen LogP contribution is -2.45. The summed E-state index contributed by atoms with van der Waals surface area (Å²) in [5, 5.41) is 7.60. The van der Waals surface area contributed by atoms with Crippen LogP contribution in [0.1, 0.15) is 13.8 Å². The Morgan fingerprint density at radius 1 is 1.25 bits per heavy atom. The van der Waals surface area contributed by atoms with Crippen LogP contribution < -0.4 is 5.32 Å². The first-order chi connectivity index (χ1) is 9.64. The Kier molecular flexibility index (Phi) is 3.42. The maximum absolute atomic E-state index is 5.66. The zero-order valence-corrected chi connectivity index (χ0v) is 11.6. The number of para-hydroxylation sites is 2. The third-order valence-electron chi connectivity index (χ3n) is 3.19. The summed E-state index contributed by atoms with van der Waals surface area (Å²) in [5.41, 5.74) is 1.93. The normalized spacial score (nSPS) is 18.9. The Balaban J connectivity index is 1.75. The maximum atomic E-state index is 5.66. The fourth-order valence-electron chi connectivity index (χ4n) is 2.12. The zero-order chi connectivity index (χ0) is 14.0. The molecule has 0 spiro atoms. The molecule has 6 heteroatoms. The molecule has 6 nitrogen and oxygen atoms in total. The van der Waals surface area contributed by atoms with Crippen LogP contribution in [0, 0.1) is 0 Å². The molecular weight excluding hydrogens is 256 g/mol. The summed E-state index contributed by atoms with van der Waals surface area (Å²) in [4.78, 5) is 3.98. The Bertz CT molecular complexity index is 558. The summed E-state index contributed by atoms with van der Waals surface area (Å²) in [7, 11) is 0. The lowest BCUT2D eigenvalue weighted by Gasteiger charge is -2.35. The number of hydrogen-bond donors (Lipinski definition) is 1. The lowest BCUT2D eigenvalue weighted by atomic mass is 10.2. The number of benzene rings is 1. The average Bonchev–Trinajstić information content (AvgIpc) is 2.96. The number of hydrogen-bond acceptors (Lipinski definition) is 5. The molecule has 2 heterocycles. The molecule has 3 rings (SSSR count). The van der Waals surface area contributed by atoms with Crippen LogP contribution in [0.15, 0.2) is 36.9 Å². The van der Waals surface area contributed by atoms with E-state index in [0.29, 0.717) is 13.2 Å². The van der Waals surface area contributed by atoms with Crippen molar-refractivity contribution in [3.8, 4) is 5.69 Å². The first kappa shape index (κ1) is 13.1. The molecule has 0 aliphatic carbocycles. The molecule has 0 bridgehead atoms. The van der Waals surface area contributed by atoms with E-state index in [0.717, 1.165) is 11.4 Å². The molecule has 0 radical (unpaired) electrons. The zero-order valence-electron chi connectivity index (χ0n) is 11.6. The lowest BCUT2D eigenvalue weighted by molar-refractivity contribution is -0.247. The van der Waals surface area contributed by atoms with Gasteiger partial charge in [0.05, 0.1) is 30.6 Å². The van der Waals surface area contributed by atoms with Crippen molar-refractivity contribution in [2.24, 2.45) is 0 Å². The van der Waals surface area contributed by atoms with E-state index in [4.69, 9.17) is 9.47 Å². The highest BCUT2D eigenvalue weighted by atomic mass is 16.7. The van der Waals surface area contributed by atoms with Crippen LogP contribution in [0.3, 0.4) is 0 Å². The molecule has 0 unspecified atom stereocenters. The summed E-state index contributed by atoms with van der Waals surface area (Å²) in [6.07, 6.45) is 3.20. The van der Waals surface area contributed by atoms with Crippen molar-refractivity contribution in [1.29, 1.82) is 0 Å². The van der Waals surface area contributed by atoms with Crippen molar-refractivity contribution in [1.82, 2.24) is 14.8 Å². The molecule has 0 amide bonds. The van der Waals surface area contributed by atoms with Gasteiger partial charge in [-0.15, -0.1) is 0 Å². The Morgan fingerprint density at radius 2 is 2.00 bits per heavy atom. The van der Waals surface area contributed by atoms with Gasteiger partial charge in [-0.05, 0) is 26.0 Å². The van der Waals surface area contributed by atoms with Crippen LogP contribution >= 0.6 is 0 Å². The van der Waals surface area contributed by atoms with Crippen LogP contribution in [0.4, 0.5) is 5.69 Å². The molecule has 0 saturated carbocycles. The van der Waals surface area contributed by atoms with E-state index in [1.54, 1.807) is 11.0 Å². The summed E-state index contributed by atoms with van der Waals surface area (Å²) in [5.74, 6) is -0.496. The van der Waals surface area contributed by atoms with E-state index in [-0.39, 0.29) is 6.04 Å². The second kappa shape index (κ2) is 5.22. The molecule has 2 aromatic rings. The first-order valence-electron chi connectivity index (χ1n) is 6.62. The van der Waals surface area contributed by atoms with Crippen molar-refractivity contribution >= 4 is 5.69 Å². The van der Waals surface area contributed by atoms with E-state index in [1.807, 2.05) is 38.1 Å². The average molecular weight is 274 g/mol. The van der Waals surface area contributed by atoms with Gasteiger partial charge in [-0.2, -0.15) is 5.10 Å². The number of nitrogens with one attached hydrogen (secondary N) is 1. The highest BCUT2D eigenvalue weighted by Gasteiger charge is 2.28. The minimum atomic E-state index is -0.496. The van der Waals surface area contributed by atoms with Gasteiger partial charge in [-0.3, -0.25) is 0 Å². The summed E-state index contributed by atoms with van der Waals surface area (Å²) >= 11 is 0. The van der Waals surface area contributed by atoms with Gasteiger partial charge in [0.15, 0.2) is 5.79 Å². The van der Waals surface area contributed by atoms with Crippen LogP contribution in [-0.2, 0) is 9.47 Å². The van der Waals surface area contributed by atoms with E-state index in [9.17, 15) is 0 Å². The number of ether oxygens (including phenoxy) is 2. The van der Waals surface area contributed by atoms with Gasteiger partial charge in [0.2, 0.25) is 0 Å². The van der Waals surface area contributed by atoms with E-state index < -0.39 is 5.79 Å². The smallest absolute Gasteiger partial charge is 0.162 e. The second-order valence-corrected chi connectivity index (χ2v) is 5.22. The highest BCUT2D eigenvalue weighted by Crippen LogP contribution is 2.23. The van der Waals surface area contributed by atoms with Gasteiger partial charge >= 0.3 is 0 Å². The predicted octanol–water partition coefficient (Wildman–Crippen LogP) is 1.83. The molecule has 0 atom stereocenters. The minimum Gasteiger partial charge on any atom is -0.376 e. The standard InChI is InChI=1S/C14H18N4O2/c1-14(2)19-7-11(8-20-14)17-12-5-3-4-6-13(12)18-10-15-9-16-18/h3-6,9-11,17H,7-8H2,1-2H3. The van der Waals surface area contributed by atoms with Crippen molar-refractivity contribution in [3.05, 3.63) is 36.9 Å². The third kappa shape index (κ3) is 2.81. The van der Waals surface area contributed by atoms with Crippen LogP contribution in [-0.4, -0.2) is 39.8 Å². The van der Waals surface area contributed by atoms with Crippen molar-refractivity contribution in [2.75, 3.05) is 18.5 Å². The number of rotatable bonds is 3. The maximum Gasteiger partial charge on any atom is 0.162 e. The monoisotopic (exact) mass is 274 g/mol. The van der Waals surface area contributed by atoms with Crippen molar-refractivity contribution < 1.29 is 9.47 Å². The van der Waals surface area contributed by atoms with Crippen LogP contribution in [0.2, 0.25) is 0 Å². The Labute approximate surface area is 117 Å². The largest absolute Gasteiger partial charge is 0.376 e. The summed E-state index contributed by atoms with van der Waals surface area (Å²) in [6.45, 7) is 5.07. The SMILES string of the molecule is CC1(C)OCC(Nc2ccccc2-n2cncn2)CO1. The molecule has 1 fully saturated rings. The van der Waals surface area contributed by atoms with E-state index in [2.05, 4.69) is 15.4 Å². The molecule has 106 valence electrons. The van der Waals surface area contributed by atoms with Crippen LogP contribution in [0.5, 0.6) is 0 Å². The van der Waals surface area contributed by atoms with Crippen LogP contribution in [0.25, 0.3) is 5.69 Å². The molecule has 1 aliphatic heterocycles. The van der Waals surface area contributed by atoms with Gasteiger partial charge in [-0.1, -0.05) is 12.1 Å². The van der Waals surface area contributed by atoms with E-state index in [1.165, 1.54) is 6.33 Å². The van der Waals surface area contributed by atoms with Gasteiger partial charge < -0.3 is 14.8 Å². The number of anilines is 1. The Hall–Kier alpha value is -1.92. The van der Waals surface area contributed by atoms with Crippen molar-refractivity contribution in [2.45, 2.75) is 25.7 Å². The Morgan fingerprint density at radius 3 is 2.70 bits per heavy atom. The molecule has 1 aromatic heterocycles. The predicted molar refractivity (Wildman–Crippen MR) is 74.8 cm³/mol. The van der Waals surface area contributed by atoms with Crippen molar-refractivity contribution in [3.63, 3.8) is 0 Å². The highest BCUT2D eigenvalue weighted by molar-refractivity contribution is 5.60. The van der Waals surface area contributed by atoms with E-state index >= 15 is 0 Å². The molecule has 20 heavy (non-hydrogen) atoms. The molecule has 1 aromatic carbocycles. The van der Waals surface area contributed by atoms with Gasteiger partial charge in [0.25, 0.3) is 0 Å².